The minimum absolute atomic E-state index is 0.0440. The van der Waals surface area contributed by atoms with Crippen LogP contribution in [0.25, 0.3) is 0 Å². The van der Waals surface area contributed by atoms with Gasteiger partial charge in [-0.05, 0) is 58.6 Å². The van der Waals surface area contributed by atoms with Crippen molar-refractivity contribution in [3.05, 3.63) is 55.7 Å². The van der Waals surface area contributed by atoms with Crippen molar-refractivity contribution in [2.24, 2.45) is 0 Å². The third-order valence-corrected chi connectivity index (χ3v) is 4.91. The Morgan fingerprint density at radius 2 is 1.75 bits per heavy atom. The second-order valence-electron chi connectivity index (χ2n) is 3.81. The highest BCUT2D eigenvalue weighted by atomic mass is 79.9. The molecule has 0 aliphatic heterocycles. The number of hydrogen-bond acceptors (Lipinski definition) is 1. The summed E-state index contributed by atoms with van der Waals surface area (Å²) >= 11 is 11.7. The minimum Gasteiger partial charge on any atom is -0.131 e. The zero-order valence-electron chi connectivity index (χ0n) is 9.13. The Morgan fingerprint density at radius 1 is 1.12 bits per heavy atom. The summed E-state index contributed by atoms with van der Waals surface area (Å²) < 4.78 is 1.12. The van der Waals surface area contributed by atoms with Gasteiger partial charge in [-0.15, -0.1) is 22.9 Å². The van der Waals surface area contributed by atoms with Crippen LogP contribution in [0.5, 0.6) is 0 Å². The van der Waals surface area contributed by atoms with Crippen LogP contribution in [0, 0.1) is 13.8 Å². The van der Waals surface area contributed by atoms with E-state index in [-0.39, 0.29) is 5.38 Å². The summed E-state index contributed by atoms with van der Waals surface area (Å²) in [6.45, 7) is 4.22. The minimum atomic E-state index is -0.0440. The fourth-order valence-corrected chi connectivity index (χ4v) is 3.80. The highest BCUT2D eigenvalue weighted by molar-refractivity contribution is 9.11. The van der Waals surface area contributed by atoms with Crippen LogP contribution >= 0.6 is 38.9 Å². The summed E-state index contributed by atoms with van der Waals surface area (Å²) in [5.74, 6) is 0. The molecule has 2 rings (SSSR count). The number of halogens is 2. The third kappa shape index (κ3) is 2.34. The molecule has 3 heteroatoms. The van der Waals surface area contributed by atoms with Gasteiger partial charge in [0.2, 0.25) is 0 Å². The van der Waals surface area contributed by atoms with Crippen LogP contribution in [-0.4, -0.2) is 0 Å². The van der Waals surface area contributed by atoms with Crippen molar-refractivity contribution < 1.29 is 0 Å². The quantitative estimate of drug-likeness (QED) is 0.646. The zero-order chi connectivity index (χ0) is 11.7. The molecule has 2 aromatic rings. The number of rotatable bonds is 2. The lowest BCUT2D eigenvalue weighted by molar-refractivity contribution is 1.11. The maximum atomic E-state index is 6.55. The molecule has 0 nitrogen and oxygen atoms in total. The monoisotopic (exact) mass is 314 g/mol. The summed E-state index contributed by atoms with van der Waals surface area (Å²) in [5.41, 5.74) is 3.74. The van der Waals surface area contributed by atoms with Crippen LogP contribution in [-0.2, 0) is 0 Å². The van der Waals surface area contributed by atoms with E-state index in [1.165, 1.54) is 21.6 Å². The van der Waals surface area contributed by atoms with Crippen molar-refractivity contribution in [2.45, 2.75) is 19.2 Å². The van der Waals surface area contributed by atoms with E-state index in [4.69, 9.17) is 11.6 Å². The molecule has 0 amide bonds. The molecule has 1 aromatic heterocycles. The number of aryl methyl sites for hydroxylation is 2. The van der Waals surface area contributed by atoms with Crippen molar-refractivity contribution in [1.29, 1.82) is 0 Å². The van der Waals surface area contributed by atoms with E-state index in [1.807, 2.05) is 6.07 Å². The molecule has 1 aromatic carbocycles. The zero-order valence-corrected chi connectivity index (χ0v) is 12.3. The van der Waals surface area contributed by atoms with Crippen molar-refractivity contribution >= 4 is 38.9 Å². The fourth-order valence-electron chi connectivity index (χ4n) is 1.83. The lowest BCUT2D eigenvalue weighted by atomic mass is 9.99. The van der Waals surface area contributed by atoms with Gasteiger partial charge in [0.25, 0.3) is 0 Å². The SMILES string of the molecule is Cc1cccc(C)c1C(Cl)c1ccc(Br)s1. The molecule has 0 radical (unpaired) electrons. The van der Waals surface area contributed by atoms with E-state index in [9.17, 15) is 0 Å². The molecule has 0 aliphatic carbocycles. The maximum Gasteiger partial charge on any atom is 0.0933 e. The van der Waals surface area contributed by atoms with Gasteiger partial charge in [-0.1, -0.05) is 18.2 Å². The van der Waals surface area contributed by atoms with E-state index in [0.717, 1.165) is 3.79 Å². The summed E-state index contributed by atoms with van der Waals surface area (Å²) in [6, 6.07) is 10.4. The van der Waals surface area contributed by atoms with E-state index in [2.05, 4.69) is 54.0 Å². The lowest BCUT2D eigenvalue weighted by Crippen LogP contribution is -1.97. The molecule has 0 N–H and O–H groups in total. The van der Waals surface area contributed by atoms with Crippen LogP contribution in [0.1, 0.15) is 26.9 Å². The standard InChI is InChI=1S/C13H12BrClS/c1-8-4-3-5-9(2)12(8)13(15)10-6-7-11(14)16-10/h3-7,13H,1-2H3. The molecule has 0 bridgehead atoms. The largest absolute Gasteiger partial charge is 0.131 e. The smallest absolute Gasteiger partial charge is 0.0933 e. The summed E-state index contributed by atoms with van der Waals surface area (Å²) in [4.78, 5) is 1.19. The Balaban J connectivity index is 2.45. The second-order valence-corrected chi connectivity index (χ2v) is 6.74. The number of thiophene rings is 1. The molecule has 0 saturated carbocycles. The molecule has 1 heterocycles. The molecule has 84 valence electrons. The van der Waals surface area contributed by atoms with E-state index >= 15 is 0 Å². The number of alkyl halides is 1. The molecule has 1 atom stereocenters. The first-order valence-corrected chi connectivity index (χ1v) is 7.09. The Kier molecular flexibility index (Phi) is 3.73. The van der Waals surface area contributed by atoms with E-state index < -0.39 is 0 Å². The predicted octanol–water partition coefficient (Wildman–Crippen LogP) is 5.46. The van der Waals surface area contributed by atoms with Gasteiger partial charge in [0.15, 0.2) is 0 Å². The number of benzene rings is 1. The number of hydrogen-bond donors (Lipinski definition) is 0. The van der Waals surface area contributed by atoms with Crippen LogP contribution < -0.4 is 0 Å². The molecule has 1 unspecified atom stereocenters. The topological polar surface area (TPSA) is 0 Å². The molecular formula is C13H12BrClS. The highest BCUT2D eigenvalue weighted by Gasteiger charge is 2.16. The molecule has 0 saturated heterocycles. The van der Waals surface area contributed by atoms with Crippen molar-refractivity contribution in [3.8, 4) is 0 Å². The molecular weight excluding hydrogens is 304 g/mol. The van der Waals surface area contributed by atoms with Crippen molar-refractivity contribution in [1.82, 2.24) is 0 Å². The normalized spacial score (nSPS) is 12.8. The van der Waals surface area contributed by atoms with Crippen LogP contribution in [0.15, 0.2) is 34.1 Å². The van der Waals surface area contributed by atoms with E-state index in [0.29, 0.717) is 0 Å². The van der Waals surface area contributed by atoms with Gasteiger partial charge in [-0.2, -0.15) is 0 Å². The van der Waals surface area contributed by atoms with Gasteiger partial charge in [0.1, 0.15) is 0 Å². The van der Waals surface area contributed by atoms with Gasteiger partial charge in [-0.3, -0.25) is 0 Å². The average molecular weight is 316 g/mol. The maximum absolute atomic E-state index is 6.55. The Bertz CT molecular complexity index is 484. The predicted molar refractivity (Wildman–Crippen MR) is 75.6 cm³/mol. The highest BCUT2D eigenvalue weighted by Crippen LogP contribution is 2.38. The lowest BCUT2D eigenvalue weighted by Gasteiger charge is -2.14. The first-order valence-electron chi connectivity index (χ1n) is 5.05. The second kappa shape index (κ2) is 4.91. The summed E-state index contributed by atoms with van der Waals surface area (Å²) in [7, 11) is 0. The summed E-state index contributed by atoms with van der Waals surface area (Å²) in [5, 5.41) is -0.0440. The third-order valence-electron chi connectivity index (χ3n) is 2.64. The van der Waals surface area contributed by atoms with Crippen molar-refractivity contribution in [2.75, 3.05) is 0 Å². The van der Waals surface area contributed by atoms with Gasteiger partial charge >= 0.3 is 0 Å². The first kappa shape index (κ1) is 12.2. The van der Waals surface area contributed by atoms with Gasteiger partial charge in [0, 0.05) is 4.88 Å². The van der Waals surface area contributed by atoms with Crippen LogP contribution in [0.3, 0.4) is 0 Å². The average Bonchev–Trinajstić information content (AvgIpc) is 2.64. The van der Waals surface area contributed by atoms with Crippen molar-refractivity contribution in [3.63, 3.8) is 0 Å². The Labute approximate surface area is 113 Å². The van der Waals surface area contributed by atoms with Crippen LogP contribution in [0.4, 0.5) is 0 Å². The molecule has 0 fully saturated rings. The summed E-state index contributed by atoms with van der Waals surface area (Å²) in [6.07, 6.45) is 0. The van der Waals surface area contributed by atoms with Gasteiger partial charge in [0.05, 0.1) is 9.16 Å². The van der Waals surface area contributed by atoms with Crippen LogP contribution in [0.2, 0.25) is 0 Å². The molecule has 16 heavy (non-hydrogen) atoms. The molecule has 0 aliphatic rings. The first-order chi connectivity index (χ1) is 7.59. The Hall–Kier alpha value is -0.310. The van der Waals surface area contributed by atoms with E-state index in [1.54, 1.807) is 11.3 Å². The Morgan fingerprint density at radius 3 is 2.25 bits per heavy atom. The van der Waals surface area contributed by atoms with Gasteiger partial charge in [-0.25, -0.2) is 0 Å². The molecule has 0 spiro atoms. The fraction of sp³-hybridized carbons (Fsp3) is 0.231. The van der Waals surface area contributed by atoms with Gasteiger partial charge < -0.3 is 0 Å².